The van der Waals surface area contributed by atoms with Crippen LogP contribution in [0.5, 0.6) is 0 Å². The van der Waals surface area contributed by atoms with Gasteiger partial charge < -0.3 is 11.1 Å². The molecule has 0 spiro atoms. The molecule has 1 aliphatic rings. The van der Waals surface area contributed by atoms with E-state index < -0.39 is 10.0 Å². The molecule has 0 aromatic heterocycles. The molecule has 7 heteroatoms. The van der Waals surface area contributed by atoms with Crippen LogP contribution in [0.2, 0.25) is 0 Å². The van der Waals surface area contributed by atoms with E-state index in [1.54, 1.807) is 12.1 Å². The quantitative estimate of drug-likeness (QED) is 0.756. The van der Waals surface area contributed by atoms with Crippen LogP contribution in [0.15, 0.2) is 29.2 Å². The molecule has 6 nitrogen and oxygen atoms in total. The fraction of sp³-hybridized carbons (Fsp3) is 0.462. The number of rotatable bonds is 4. The summed E-state index contributed by atoms with van der Waals surface area (Å²) < 4.78 is 22.5. The molecular weight excluding hydrogens is 278 g/mol. The Hall–Kier alpha value is -1.44. The van der Waals surface area contributed by atoms with Gasteiger partial charge in [0, 0.05) is 11.6 Å². The van der Waals surface area contributed by atoms with Crippen LogP contribution in [0.4, 0.5) is 5.69 Å². The number of hydrogen-bond acceptors (Lipinski definition) is 4. The summed E-state index contributed by atoms with van der Waals surface area (Å²) in [6.45, 7) is 0.495. The minimum atomic E-state index is -3.77. The van der Waals surface area contributed by atoms with Crippen molar-refractivity contribution in [1.29, 1.82) is 0 Å². The van der Waals surface area contributed by atoms with E-state index >= 15 is 0 Å². The van der Waals surface area contributed by atoms with Crippen LogP contribution in [0.3, 0.4) is 0 Å². The van der Waals surface area contributed by atoms with Gasteiger partial charge >= 0.3 is 0 Å². The molecule has 0 saturated heterocycles. The van der Waals surface area contributed by atoms with Gasteiger partial charge in [-0.3, -0.25) is 4.79 Å². The second-order valence-electron chi connectivity index (χ2n) is 5.10. The van der Waals surface area contributed by atoms with E-state index in [-0.39, 0.29) is 22.6 Å². The molecular formula is C13H19N3O3S. The molecule has 2 atom stereocenters. The molecule has 110 valence electrons. The van der Waals surface area contributed by atoms with Crippen molar-refractivity contribution >= 4 is 21.6 Å². The molecule has 1 amide bonds. The van der Waals surface area contributed by atoms with E-state index in [4.69, 9.17) is 10.9 Å². The van der Waals surface area contributed by atoms with Gasteiger partial charge in [0.2, 0.25) is 15.9 Å². The zero-order valence-electron chi connectivity index (χ0n) is 11.1. The highest BCUT2D eigenvalue weighted by Gasteiger charge is 2.31. The van der Waals surface area contributed by atoms with Gasteiger partial charge in [0.1, 0.15) is 0 Å². The molecule has 1 aromatic rings. The van der Waals surface area contributed by atoms with Crippen LogP contribution < -0.4 is 16.2 Å². The van der Waals surface area contributed by atoms with Gasteiger partial charge in [-0.05, 0) is 43.5 Å². The fourth-order valence-electron chi connectivity index (χ4n) is 2.65. The van der Waals surface area contributed by atoms with E-state index in [1.165, 1.54) is 12.1 Å². The molecule has 0 radical (unpaired) electrons. The highest BCUT2D eigenvalue weighted by molar-refractivity contribution is 7.89. The first kappa shape index (κ1) is 15.0. The Bertz CT molecular complexity index is 601. The Balaban J connectivity index is 2.12. The van der Waals surface area contributed by atoms with Crippen LogP contribution in [-0.2, 0) is 14.8 Å². The van der Waals surface area contributed by atoms with E-state index in [0.29, 0.717) is 12.2 Å². The smallest absolute Gasteiger partial charge is 0.238 e. The standard InChI is InChI=1S/C13H19N3O3S/c14-8-9-3-1-6-12(9)13(17)16-10-4-2-5-11(7-10)20(15,18)19/h2,4-5,7,9,12H,1,3,6,8,14H2,(H,16,17)(H2,15,18,19). The summed E-state index contributed by atoms with van der Waals surface area (Å²) in [4.78, 5) is 12.2. The van der Waals surface area contributed by atoms with Crippen molar-refractivity contribution in [1.82, 2.24) is 0 Å². The van der Waals surface area contributed by atoms with Gasteiger partial charge in [-0.1, -0.05) is 12.5 Å². The molecule has 1 aromatic carbocycles. The second kappa shape index (κ2) is 5.90. The Labute approximate surface area is 118 Å². The Morgan fingerprint density at radius 1 is 1.35 bits per heavy atom. The van der Waals surface area contributed by atoms with Crippen LogP contribution in [0.25, 0.3) is 0 Å². The topological polar surface area (TPSA) is 115 Å². The van der Waals surface area contributed by atoms with Crippen molar-refractivity contribution in [3.8, 4) is 0 Å². The number of sulfonamides is 1. The molecule has 1 saturated carbocycles. The summed E-state index contributed by atoms with van der Waals surface area (Å²) in [5.74, 6) is -0.000849. The van der Waals surface area contributed by atoms with Gasteiger partial charge in [0.25, 0.3) is 0 Å². The largest absolute Gasteiger partial charge is 0.330 e. The zero-order chi connectivity index (χ0) is 14.8. The second-order valence-corrected chi connectivity index (χ2v) is 6.66. The monoisotopic (exact) mass is 297 g/mol. The fourth-order valence-corrected chi connectivity index (χ4v) is 3.21. The highest BCUT2D eigenvalue weighted by Crippen LogP contribution is 2.31. The van der Waals surface area contributed by atoms with Crippen molar-refractivity contribution in [3.05, 3.63) is 24.3 Å². The third kappa shape index (κ3) is 3.36. The number of nitrogens with two attached hydrogens (primary N) is 2. The van der Waals surface area contributed by atoms with Crippen molar-refractivity contribution in [2.45, 2.75) is 24.2 Å². The van der Waals surface area contributed by atoms with E-state index in [9.17, 15) is 13.2 Å². The van der Waals surface area contributed by atoms with Crippen LogP contribution in [0.1, 0.15) is 19.3 Å². The molecule has 2 rings (SSSR count). The van der Waals surface area contributed by atoms with Crippen LogP contribution >= 0.6 is 0 Å². The minimum absolute atomic E-state index is 0.0166. The average Bonchev–Trinajstić information content (AvgIpc) is 2.86. The Kier molecular flexibility index (Phi) is 4.42. The third-order valence-corrected chi connectivity index (χ3v) is 4.64. The SMILES string of the molecule is NCC1CCCC1C(=O)Nc1cccc(S(N)(=O)=O)c1. The Morgan fingerprint density at radius 3 is 2.75 bits per heavy atom. The van der Waals surface area contributed by atoms with Gasteiger partial charge in [0.05, 0.1) is 4.90 Å². The van der Waals surface area contributed by atoms with Gasteiger partial charge in [-0.15, -0.1) is 0 Å². The number of hydrogen-bond donors (Lipinski definition) is 3. The lowest BCUT2D eigenvalue weighted by Gasteiger charge is -2.17. The first-order valence-corrected chi connectivity index (χ1v) is 8.10. The van der Waals surface area contributed by atoms with E-state index in [1.807, 2.05) is 0 Å². The molecule has 0 heterocycles. The maximum absolute atomic E-state index is 12.2. The predicted molar refractivity (Wildman–Crippen MR) is 76.3 cm³/mol. The summed E-state index contributed by atoms with van der Waals surface area (Å²) in [5.41, 5.74) is 6.10. The molecule has 0 aliphatic heterocycles. The summed E-state index contributed by atoms with van der Waals surface area (Å²) in [6, 6.07) is 5.94. The third-order valence-electron chi connectivity index (χ3n) is 3.73. The van der Waals surface area contributed by atoms with Crippen LogP contribution in [0, 0.1) is 11.8 Å². The number of primary sulfonamides is 1. The van der Waals surface area contributed by atoms with Crippen molar-refractivity contribution in [2.24, 2.45) is 22.7 Å². The summed E-state index contributed by atoms with van der Waals surface area (Å²) in [5, 5.41) is 7.81. The normalized spacial score (nSPS) is 22.7. The Morgan fingerprint density at radius 2 is 2.10 bits per heavy atom. The lowest BCUT2D eigenvalue weighted by Crippen LogP contribution is -2.29. The number of carbonyl (C=O) groups is 1. The first-order valence-electron chi connectivity index (χ1n) is 6.55. The number of anilines is 1. The lowest BCUT2D eigenvalue weighted by atomic mass is 9.95. The van der Waals surface area contributed by atoms with Crippen molar-refractivity contribution in [2.75, 3.05) is 11.9 Å². The highest BCUT2D eigenvalue weighted by atomic mass is 32.2. The maximum atomic E-state index is 12.2. The summed E-state index contributed by atoms with van der Waals surface area (Å²) in [7, 11) is -3.77. The average molecular weight is 297 g/mol. The van der Waals surface area contributed by atoms with Crippen LogP contribution in [-0.4, -0.2) is 20.9 Å². The molecule has 1 aliphatic carbocycles. The number of benzene rings is 1. The molecule has 1 fully saturated rings. The lowest BCUT2D eigenvalue weighted by molar-refractivity contribution is -0.120. The van der Waals surface area contributed by atoms with Crippen molar-refractivity contribution < 1.29 is 13.2 Å². The maximum Gasteiger partial charge on any atom is 0.238 e. The first-order chi connectivity index (χ1) is 9.41. The predicted octanol–water partition coefficient (Wildman–Crippen LogP) is 0.648. The summed E-state index contributed by atoms with van der Waals surface area (Å²) >= 11 is 0. The molecule has 5 N–H and O–H groups in total. The zero-order valence-corrected chi connectivity index (χ0v) is 11.9. The van der Waals surface area contributed by atoms with E-state index in [0.717, 1.165) is 19.3 Å². The van der Waals surface area contributed by atoms with Gasteiger partial charge in [-0.25, -0.2) is 13.6 Å². The van der Waals surface area contributed by atoms with Gasteiger partial charge in [0.15, 0.2) is 0 Å². The molecule has 2 unspecified atom stereocenters. The molecule has 0 bridgehead atoms. The molecule has 20 heavy (non-hydrogen) atoms. The minimum Gasteiger partial charge on any atom is -0.330 e. The van der Waals surface area contributed by atoms with Gasteiger partial charge in [-0.2, -0.15) is 0 Å². The van der Waals surface area contributed by atoms with Crippen molar-refractivity contribution in [3.63, 3.8) is 0 Å². The number of carbonyl (C=O) groups excluding carboxylic acids is 1. The summed E-state index contributed by atoms with van der Waals surface area (Å²) in [6.07, 6.45) is 2.78. The number of amides is 1. The number of nitrogens with one attached hydrogen (secondary N) is 1. The van der Waals surface area contributed by atoms with E-state index in [2.05, 4.69) is 5.32 Å².